The highest BCUT2D eigenvalue weighted by molar-refractivity contribution is 8.00. The van der Waals surface area contributed by atoms with E-state index in [9.17, 15) is 9.59 Å². The summed E-state index contributed by atoms with van der Waals surface area (Å²) in [6.07, 6.45) is 3.70. The summed E-state index contributed by atoms with van der Waals surface area (Å²) in [5.41, 5.74) is 1.71. The molecule has 28 heavy (non-hydrogen) atoms. The van der Waals surface area contributed by atoms with Crippen LogP contribution in [0.25, 0.3) is 0 Å². The number of esters is 1. The van der Waals surface area contributed by atoms with E-state index in [2.05, 4.69) is 0 Å². The molecule has 0 heterocycles. The number of ether oxygens (including phenoxy) is 2. The van der Waals surface area contributed by atoms with Crippen molar-refractivity contribution in [3.63, 3.8) is 0 Å². The first-order valence-corrected chi connectivity index (χ1v) is 10.0. The van der Waals surface area contributed by atoms with Gasteiger partial charge >= 0.3 is 5.97 Å². The Kier molecular flexibility index (Phi) is 7.88. The predicted molar refractivity (Wildman–Crippen MR) is 114 cm³/mol. The highest BCUT2D eigenvalue weighted by Crippen LogP contribution is 2.37. The zero-order valence-corrected chi connectivity index (χ0v) is 17.5. The van der Waals surface area contributed by atoms with Gasteiger partial charge in [0.1, 0.15) is 11.7 Å². The van der Waals surface area contributed by atoms with E-state index in [-0.39, 0.29) is 5.78 Å². The molecule has 148 valence electrons. The summed E-state index contributed by atoms with van der Waals surface area (Å²) >= 11 is 1.49. The van der Waals surface area contributed by atoms with Gasteiger partial charge in [0.2, 0.25) is 0 Å². The normalized spacial score (nSPS) is 14.3. The lowest BCUT2D eigenvalue weighted by Crippen LogP contribution is -2.38. The standard InChI is InChI=1S/C23H26O4S/c1-5-15-23(2,28-16-17-11-13-19(26-3)14-12-17)21(24)20(22(25)27-4)18-9-7-6-8-10-18/h5-15,20H,16H2,1-4H3/b15-5+/t20?,23-/m1/s1. The van der Waals surface area contributed by atoms with Gasteiger partial charge in [-0.1, -0.05) is 54.6 Å². The van der Waals surface area contributed by atoms with E-state index in [0.717, 1.165) is 11.3 Å². The Labute approximate surface area is 170 Å². The molecule has 0 aliphatic rings. The molecule has 0 bridgehead atoms. The predicted octanol–water partition coefficient (Wildman–Crippen LogP) is 4.79. The summed E-state index contributed by atoms with van der Waals surface area (Å²) in [6, 6.07) is 16.8. The third-order valence-electron chi connectivity index (χ3n) is 4.50. The first-order valence-electron chi connectivity index (χ1n) is 9.03. The van der Waals surface area contributed by atoms with E-state index in [1.54, 1.807) is 19.2 Å². The van der Waals surface area contributed by atoms with Crippen LogP contribution in [0.4, 0.5) is 0 Å². The molecule has 0 aliphatic carbocycles. The van der Waals surface area contributed by atoms with E-state index >= 15 is 0 Å². The van der Waals surface area contributed by atoms with Gasteiger partial charge in [0.25, 0.3) is 0 Å². The number of Topliss-reactive ketones (excluding diaryl/α,β-unsaturated/α-hetero) is 1. The first kappa shape index (κ1) is 21.8. The monoisotopic (exact) mass is 398 g/mol. The third-order valence-corrected chi connectivity index (χ3v) is 5.92. The third kappa shape index (κ3) is 5.26. The summed E-state index contributed by atoms with van der Waals surface area (Å²) in [5.74, 6) is -0.287. The molecular weight excluding hydrogens is 372 g/mol. The summed E-state index contributed by atoms with van der Waals surface area (Å²) in [6.45, 7) is 3.72. The Morgan fingerprint density at radius 1 is 1.07 bits per heavy atom. The molecular formula is C23H26O4S. The van der Waals surface area contributed by atoms with Crippen LogP contribution in [0.5, 0.6) is 5.75 Å². The summed E-state index contributed by atoms with van der Waals surface area (Å²) in [4.78, 5) is 25.9. The lowest BCUT2D eigenvalue weighted by atomic mass is 9.87. The van der Waals surface area contributed by atoms with Crippen LogP contribution in [0.1, 0.15) is 30.9 Å². The lowest BCUT2D eigenvalue weighted by molar-refractivity contribution is -0.146. The smallest absolute Gasteiger partial charge is 0.320 e. The van der Waals surface area contributed by atoms with Gasteiger partial charge in [0.15, 0.2) is 5.78 Å². The van der Waals surface area contributed by atoms with Crippen LogP contribution in [0.3, 0.4) is 0 Å². The topological polar surface area (TPSA) is 52.6 Å². The molecule has 2 atom stereocenters. The quantitative estimate of drug-likeness (QED) is 0.345. The number of thioether (sulfide) groups is 1. The Morgan fingerprint density at radius 3 is 2.25 bits per heavy atom. The molecule has 0 amide bonds. The van der Waals surface area contributed by atoms with Crippen LogP contribution >= 0.6 is 11.8 Å². The van der Waals surface area contributed by atoms with Crippen molar-refractivity contribution in [1.82, 2.24) is 0 Å². The second-order valence-corrected chi connectivity index (χ2v) is 7.90. The molecule has 1 unspecified atom stereocenters. The maximum Gasteiger partial charge on any atom is 0.320 e. The number of carbonyl (C=O) groups excluding carboxylic acids is 2. The number of hydrogen-bond acceptors (Lipinski definition) is 5. The molecule has 0 N–H and O–H groups in total. The molecule has 0 aromatic heterocycles. The first-order chi connectivity index (χ1) is 13.4. The molecule has 0 fully saturated rings. The second-order valence-electron chi connectivity index (χ2n) is 6.47. The maximum atomic E-state index is 13.5. The van der Waals surface area contributed by atoms with Gasteiger partial charge in [-0.3, -0.25) is 9.59 Å². The van der Waals surface area contributed by atoms with Crippen molar-refractivity contribution in [2.24, 2.45) is 0 Å². The maximum absolute atomic E-state index is 13.5. The van der Waals surface area contributed by atoms with Gasteiger partial charge < -0.3 is 9.47 Å². The summed E-state index contributed by atoms with van der Waals surface area (Å²) in [5, 5.41) is 0. The molecule has 0 radical (unpaired) electrons. The van der Waals surface area contributed by atoms with Crippen LogP contribution in [0, 0.1) is 0 Å². The Hall–Kier alpha value is -2.53. The van der Waals surface area contributed by atoms with Gasteiger partial charge in [-0.05, 0) is 37.1 Å². The van der Waals surface area contributed by atoms with E-state index in [1.807, 2.05) is 68.5 Å². The molecule has 0 saturated heterocycles. The number of methoxy groups -OCH3 is 2. The van der Waals surface area contributed by atoms with Gasteiger partial charge in [-0.15, -0.1) is 11.8 Å². The largest absolute Gasteiger partial charge is 0.497 e. The fourth-order valence-corrected chi connectivity index (χ4v) is 4.07. The Balaban J connectivity index is 2.29. The van der Waals surface area contributed by atoms with E-state index in [4.69, 9.17) is 9.47 Å². The molecule has 0 spiro atoms. The van der Waals surface area contributed by atoms with Crippen molar-refractivity contribution >= 4 is 23.5 Å². The molecule has 0 saturated carbocycles. The molecule has 2 aromatic rings. The van der Waals surface area contributed by atoms with Crippen molar-refractivity contribution in [3.05, 3.63) is 77.9 Å². The lowest BCUT2D eigenvalue weighted by Gasteiger charge is -2.28. The van der Waals surface area contributed by atoms with Crippen molar-refractivity contribution < 1.29 is 19.1 Å². The van der Waals surface area contributed by atoms with Crippen LogP contribution in [0.15, 0.2) is 66.7 Å². The zero-order chi connectivity index (χ0) is 20.6. The number of rotatable bonds is 9. The van der Waals surface area contributed by atoms with Crippen molar-refractivity contribution in [2.45, 2.75) is 30.3 Å². The second kappa shape index (κ2) is 10.1. The number of ketones is 1. The number of carbonyl (C=O) groups is 2. The van der Waals surface area contributed by atoms with Crippen LogP contribution in [0.2, 0.25) is 0 Å². The Morgan fingerprint density at radius 2 is 1.71 bits per heavy atom. The Bertz CT molecular complexity index is 814. The molecule has 5 heteroatoms. The van der Waals surface area contributed by atoms with E-state index in [1.165, 1.54) is 18.9 Å². The van der Waals surface area contributed by atoms with Crippen molar-refractivity contribution in [3.8, 4) is 5.75 Å². The minimum Gasteiger partial charge on any atom is -0.497 e. The van der Waals surface area contributed by atoms with Crippen LogP contribution in [-0.2, 0) is 20.1 Å². The van der Waals surface area contributed by atoms with Gasteiger partial charge in [0.05, 0.1) is 19.0 Å². The van der Waals surface area contributed by atoms with E-state index < -0.39 is 16.6 Å². The molecule has 4 nitrogen and oxygen atoms in total. The van der Waals surface area contributed by atoms with Gasteiger partial charge in [-0.2, -0.15) is 0 Å². The van der Waals surface area contributed by atoms with Crippen molar-refractivity contribution in [2.75, 3.05) is 14.2 Å². The number of benzene rings is 2. The zero-order valence-electron chi connectivity index (χ0n) is 16.7. The van der Waals surface area contributed by atoms with Crippen LogP contribution < -0.4 is 4.74 Å². The van der Waals surface area contributed by atoms with Gasteiger partial charge in [-0.25, -0.2) is 0 Å². The molecule has 2 aromatic carbocycles. The fraction of sp³-hybridized carbons (Fsp3) is 0.304. The fourth-order valence-electron chi connectivity index (χ4n) is 2.92. The number of hydrogen-bond donors (Lipinski definition) is 0. The summed E-state index contributed by atoms with van der Waals surface area (Å²) < 4.78 is 9.26. The minimum atomic E-state index is -0.962. The van der Waals surface area contributed by atoms with E-state index in [0.29, 0.717) is 11.3 Å². The SMILES string of the molecule is C/C=C/[C@@](C)(SCc1ccc(OC)cc1)C(=O)C(C(=O)OC)c1ccccc1. The highest BCUT2D eigenvalue weighted by atomic mass is 32.2. The van der Waals surface area contributed by atoms with Crippen molar-refractivity contribution in [1.29, 1.82) is 0 Å². The minimum absolute atomic E-state index is 0.192. The molecule has 2 rings (SSSR count). The average Bonchev–Trinajstić information content (AvgIpc) is 2.73. The highest BCUT2D eigenvalue weighted by Gasteiger charge is 2.41. The summed E-state index contributed by atoms with van der Waals surface area (Å²) in [7, 11) is 2.94. The van der Waals surface area contributed by atoms with Crippen LogP contribution in [-0.4, -0.2) is 30.7 Å². The average molecular weight is 399 g/mol. The number of allylic oxidation sites excluding steroid dienone is 1. The molecule has 0 aliphatic heterocycles. The van der Waals surface area contributed by atoms with Gasteiger partial charge in [0, 0.05) is 5.75 Å².